The number of rotatable bonds is 6. The Kier molecular flexibility index (Phi) is 5.44. The number of ether oxygens (including phenoxy) is 2. The number of nitrogens with one attached hydrogen (secondary N) is 1. The van der Waals surface area contributed by atoms with Crippen LogP contribution in [0.3, 0.4) is 0 Å². The Balaban J connectivity index is 1.79. The Bertz CT molecular complexity index is 930. The number of hydrogen-bond donors (Lipinski definition) is 1. The van der Waals surface area contributed by atoms with Crippen molar-refractivity contribution in [3.05, 3.63) is 52.6 Å². The second-order valence-corrected chi connectivity index (χ2v) is 6.21. The number of nitrogens with zero attached hydrogens (tertiary/aromatic N) is 2. The predicted molar refractivity (Wildman–Crippen MR) is 102 cm³/mol. The van der Waals surface area contributed by atoms with Gasteiger partial charge in [0.2, 0.25) is 11.8 Å². The molecule has 1 aliphatic heterocycles. The van der Waals surface area contributed by atoms with Crippen molar-refractivity contribution in [3.63, 3.8) is 0 Å². The zero-order valence-corrected chi connectivity index (χ0v) is 15.4. The Morgan fingerprint density at radius 1 is 1.18 bits per heavy atom. The van der Waals surface area contributed by atoms with E-state index in [2.05, 4.69) is 5.32 Å². The van der Waals surface area contributed by atoms with Crippen LogP contribution >= 0.6 is 0 Å². The number of para-hydroxylation sites is 2. The minimum absolute atomic E-state index is 0.0289. The van der Waals surface area contributed by atoms with Crippen molar-refractivity contribution in [2.45, 2.75) is 6.42 Å². The van der Waals surface area contributed by atoms with Gasteiger partial charge in [0.15, 0.2) is 0 Å². The zero-order valence-electron chi connectivity index (χ0n) is 15.4. The third-order valence-electron chi connectivity index (χ3n) is 4.52. The van der Waals surface area contributed by atoms with Gasteiger partial charge in [0.25, 0.3) is 5.69 Å². The van der Waals surface area contributed by atoms with Crippen molar-refractivity contribution in [2.75, 3.05) is 31.0 Å². The first kappa shape index (κ1) is 19.2. The van der Waals surface area contributed by atoms with Gasteiger partial charge in [-0.1, -0.05) is 12.1 Å². The Hall–Kier alpha value is -3.62. The minimum atomic E-state index is -0.610. The molecule has 0 bridgehead atoms. The van der Waals surface area contributed by atoms with Gasteiger partial charge in [-0.2, -0.15) is 0 Å². The maximum Gasteiger partial charge on any atom is 0.271 e. The van der Waals surface area contributed by atoms with Gasteiger partial charge in [-0.3, -0.25) is 19.7 Å². The summed E-state index contributed by atoms with van der Waals surface area (Å²) >= 11 is 0. The van der Waals surface area contributed by atoms with Gasteiger partial charge in [-0.25, -0.2) is 0 Å². The lowest BCUT2D eigenvalue weighted by atomic mass is 10.1. The molecule has 3 rings (SSSR count). The molecule has 2 aromatic rings. The quantitative estimate of drug-likeness (QED) is 0.604. The summed E-state index contributed by atoms with van der Waals surface area (Å²) in [6, 6.07) is 11.0. The monoisotopic (exact) mass is 385 g/mol. The SMILES string of the molecule is COc1ccc([N+](=O)[O-])cc1NC(=O)C1CC(=O)N(c2ccccc2OC)C1. The fourth-order valence-corrected chi connectivity index (χ4v) is 3.11. The molecule has 1 N–H and O–H groups in total. The van der Waals surface area contributed by atoms with Crippen molar-refractivity contribution >= 4 is 28.9 Å². The number of carbonyl (C=O) groups is 2. The summed E-state index contributed by atoms with van der Waals surface area (Å²) in [6.07, 6.45) is 0.0289. The first-order valence-corrected chi connectivity index (χ1v) is 8.51. The number of hydrogen-bond acceptors (Lipinski definition) is 6. The van der Waals surface area contributed by atoms with E-state index in [4.69, 9.17) is 9.47 Å². The highest BCUT2D eigenvalue weighted by Gasteiger charge is 2.36. The molecule has 0 aliphatic carbocycles. The summed E-state index contributed by atoms with van der Waals surface area (Å²) in [7, 11) is 2.91. The summed E-state index contributed by atoms with van der Waals surface area (Å²) in [5.41, 5.74) is 0.609. The summed E-state index contributed by atoms with van der Waals surface area (Å²) in [4.78, 5) is 37.1. The number of carbonyl (C=O) groups excluding carboxylic acids is 2. The van der Waals surface area contributed by atoms with Crippen LogP contribution in [0.5, 0.6) is 11.5 Å². The molecular formula is C19H19N3O6. The van der Waals surface area contributed by atoms with E-state index in [9.17, 15) is 19.7 Å². The molecular weight excluding hydrogens is 366 g/mol. The predicted octanol–water partition coefficient (Wildman–Crippen LogP) is 2.60. The van der Waals surface area contributed by atoms with Crippen LogP contribution in [0.4, 0.5) is 17.1 Å². The molecule has 1 heterocycles. The highest BCUT2D eigenvalue weighted by atomic mass is 16.6. The van der Waals surface area contributed by atoms with Crippen molar-refractivity contribution in [2.24, 2.45) is 5.92 Å². The van der Waals surface area contributed by atoms with E-state index in [1.165, 1.54) is 37.3 Å². The van der Waals surface area contributed by atoms with Gasteiger partial charge in [0.1, 0.15) is 11.5 Å². The molecule has 9 nitrogen and oxygen atoms in total. The Labute approximate surface area is 161 Å². The number of methoxy groups -OCH3 is 2. The van der Waals surface area contributed by atoms with Gasteiger partial charge in [0.05, 0.1) is 36.4 Å². The highest BCUT2D eigenvalue weighted by Crippen LogP contribution is 2.34. The summed E-state index contributed by atoms with van der Waals surface area (Å²) < 4.78 is 10.4. The number of nitro benzene ring substituents is 1. The zero-order chi connectivity index (χ0) is 20.3. The molecule has 0 aromatic heterocycles. The highest BCUT2D eigenvalue weighted by molar-refractivity contribution is 6.04. The van der Waals surface area contributed by atoms with E-state index in [-0.39, 0.29) is 30.2 Å². The van der Waals surface area contributed by atoms with Gasteiger partial charge in [-0.15, -0.1) is 0 Å². The van der Waals surface area contributed by atoms with E-state index in [1.807, 2.05) is 0 Å². The fraction of sp³-hybridized carbons (Fsp3) is 0.263. The number of nitro groups is 1. The van der Waals surface area contributed by atoms with Crippen molar-refractivity contribution in [1.82, 2.24) is 0 Å². The van der Waals surface area contributed by atoms with Crippen LogP contribution in [0.2, 0.25) is 0 Å². The molecule has 0 saturated carbocycles. The molecule has 2 aromatic carbocycles. The van der Waals surface area contributed by atoms with E-state index in [0.717, 1.165) is 0 Å². The molecule has 0 spiro atoms. The van der Waals surface area contributed by atoms with Gasteiger partial charge < -0.3 is 19.7 Å². The molecule has 1 unspecified atom stereocenters. The molecule has 2 amide bonds. The summed E-state index contributed by atoms with van der Waals surface area (Å²) in [5.74, 6) is -0.385. The molecule has 0 radical (unpaired) electrons. The molecule has 1 aliphatic rings. The van der Waals surface area contributed by atoms with Crippen molar-refractivity contribution < 1.29 is 24.0 Å². The maximum atomic E-state index is 12.7. The lowest BCUT2D eigenvalue weighted by molar-refractivity contribution is -0.384. The van der Waals surface area contributed by atoms with Crippen LogP contribution < -0.4 is 19.7 Å². The van der Waals surface area contributed by atoms with Crippen LogP contribution in [-0.2, 0) is 9.59 Å². The Morgan fingerprint density at radius 3 is 2.57 bits per heavy atom. The minimum Gasteiger partial charge on any atom is -0.495 e. The number of non-ortho nitro benzene ring substituents is 1. The molecule has 1 fully saturated rings. The topological polar surface area (TPSA) is 111 Å². The summed E-state index contributed by atoms with van der Waals surface area (Å²) in [5, 5.41) is 13.6. The molecule has 146 valence electrons. The van der Waals surface area contributed by atoms with E-state index in [1.54, 1.807) is 24.3 Å². The van der Waals surface area contributed by atoms with E-state index in [0.29, 0.717) is 17.2 Å². The van der Waals surface area contributed by atoms with Crippen LogP contribution in [-0.4, -0.2) is 37.5 Å². The van der Waals surface area contributed by atoms with Crippen molar-refractivity contribution in [3.8, 4) is 11.5 Å². The number of anilines is 2. The average Bonchev–Trinajstić information content (AvgIpc) is 3.09. The number of amides is 2. The maximum absolute atomic E-state index is 12.7. The molecule has 9 heteroatoms. The van der Waals surface area contributed by atoms with Crippen LogP contribution in [0.1, 0.15) is 6.42 Å². The first-order chi connectivity index (χ1) is 13.4. The third-order valence-corrected chi connectivity index (χ3v) is 4.52. The van der Waals surface area contributed by atoms with Crippen LogP contribution in [0.25, 0.3) is 0 Å². The average molecular weight is 385 g/mol. The molecule has 1 atom stereocenters. The Morgan fingerprint density at radius 2 is 1.89 bits per heavy atom. The standard InChI is InChI=1S/C19H19N3O6/c1-27-16-8-7-13(22(25)26)10-14(16)20-19(24)12-9-18(23)21(11-12)15-5-3-4-6-17(15)28-2/h3-8,10,12H,9,11H2,1-2H3,(H,20,24). The lowest BCUT2D eigenvalue weighted by Gasteiger charge is -2.19. The van der Waals surface area contributed by atoms with E-state index < -0.39 is 16.7 Å². The summed E-state index contributed by atoms with van der Waals surface area (Å²) in [6.45, 7) is 0.183. The smallest absolute Gasteiger partial charge is 0.271 e. The van der Waals surface area contributed by atoms with Gasteiger partial charge in [0, 0.05) is 25.1 Å². The normalized spacial score (nSPS) is 16.0. The van der Waals surface area contributed by atoms with Gasteiger partial charge in [-0.05, 0) is 18.2 Å². The van der Waals surface area contributed by atoms with Crippen molar-refractivity contribution in [1.29, 1.82) is 0 Å². The largest absolute Gasteiger partial charge is 0.495 e. The first-order valence-electron chi connectivity index (χ1n) is 8.51. The lowest BCUT2D eigenvalue weighted by Crippen LogP contribution is -2.28. The third kappa shape index (κ3) is 3.73. The van der Waals surface area contributed by atoms with Crippen LogP contribution in [0, 0.1) is 16.0 Å². The fourth-order valence-electron chi connectivity index (χ4n) is 3.11. The molecule has 1 saturated heterocycles. The number of benzene rings is 2. The second-order valence-electron chi connectivity index (χ2n) is 6.21. The molecule has 28 heavy (non-hydrogen) atoms. The van der Waals surface area contributed by atoms with Gasteiger partial charge >= 0.3 is 0 Å². The van der Waals surface area contributed by atoms with Crippen LogP contribution in [0.15, 0.2) is 42.5 Å². The van der Waals surface area contributed by atoms with E-state index >= 15 is 0 Å². The second kappa shape index (κ2) is 7.95.